The Kier molecular flexibility index (Phi) is 2.53. The summed E-state index contributed by atoms with van der Waals surface area (Å²) >= 11 is 0. The summed E-state index contributed by atoms with van der Waals surface area (Å²) in [5, 5.41) is 16.7. The standard InChI is InChI=1S/C24H12.H4N2/c1-2-14-5-6-16-9-11-18-12-10-17-8-7-15-4-3-13(1)19-20(14)22(16)24(18)23(17)21(15)19;1-2/h1-12H;1-2H2. The molecule has 0 atom stereocenters. The Hall–Kier alpha value is -3.20. The Labute approximate surface area is 149 Å². The normalized spacial score (nSPS) is 12.2. The SMILES string of the molecule is NN.c1cc2ccc3ccc4ccc5ccc6ccc1c1c2c3c4c5c61. The van der Waals surface area contributed by atoms with Crippen molar-refractivity contribution >= 4 is 64.6 Å². The number of hydrogen-bond acceptors (Lipinski definition) is 2. The van der Waals surface area contributed by atoms with Gasteiger partial charge in [-0.15, -0.1) is 0 Å². The molecule has 26 heavy (non-hydrogen) atoms. The van der Waals surface area contributed by atoms with Crippen LogP contribution in [-0.4, -0.2) is 0 Å². The van der Waals surface area contributed by atoms with Gasteiger partial charge in [-0.3, -0.25) is 11.7 Å². The van der Waals surface area contributed by atoms with Crippen LogP contribution >= 0.6 is 0 Å². The molecule has 2 heteroatoms. The van der Waals surface area contributed by atoms with Gasteiger partial charge < -0.3 is 0 Å². The second kappa shape index (κ2) is 4.70. The van der Waals surface area contributed by atoms with Crippen molar-refractivity contribution < 1.29 is 0 Å². The summed E-state index contributed by atoms with van der Waals surface area (Å²) in [5.41, 5.74) is 0. The van der Waals surface area contributed by atoms with Gasteiger partial charge in [-0.1, -0.05) is 72.8 Å². The maximum atomic E-state index is 4.00. The van der Waals surface area contributed by atoms with Gasteiger partial charge in [0, 0.05) is 0 Å². The molecule has 0 aliphatic carbocycles. The third-order valence-corrected chi connectivity index (χ3v) is 5.89. The summed E-state index contributed by atoms with van der Waals surface area (Å²) in [6.07, 6.45) is 0. The minimum Gasteiger partial charge on any atom is -0.274 e. The average Bonchev–Trinajstić information content (AvgIpc) is 2.73. The van der Waals surface area contributed by atoms with E-state index >= 15 is 0 Å². The lowest BCUT2D eigenvalue weighted by Crippen LogP contribution is -2.02. The monoisotopic (exact) mass is 332 g/mol. The molecular weight excluding hydrogens is 316 g/mol. The maximum absolute atomic E-state index is 4.00. The molecule has 0 saturated heterocycles. The van der Waals surface area contributed by atoms with Gasteiger partial charge in [0.05, 0.1) is 0 Å². The first-order valence-electron chi connectivity index (χ1n) is 8.80. The molecule has 0 fully saturated rings. The van der Waals surface area contributed by atoms with Crippen LogP contribution in [-0.2, 0) is 0 Å². The first-order chi connectivity index (χ1) is 12.9. The van der Waals surface area contributed by atoms with Gasteiger partial charge in [-0.2, -0.15) is 0 Å². The minimum atomic E-state index is 1.35. The molecule has 0 aliphatic rings. The van der Waals surface area contributed by atoms with Crippen LogP contribution in [0, 0.1) is 0 Å². The van der Waals surface area contributed by atoms with Crippen LogP contribution in [0.15, 0.2) is 72.8 Å². The van der Waals surface area contributed by atoms with Crippen LogP contribution in [0.25, 0.3) is 64.6 Å². The Morgan fingerprint density at radius 1 is 0.269 bits per heavy atom. The topological polar surface area (TPSA) is 52.0 Å². The second-order valence-electron chi connectivity index (χ2n) is 6.98. The molecule has 0 spiro atoms. The van der Waals surface area contributed by atoms with E-state index in [4.69, 9.17) is 0 Å². The number of hydrazine groups is 1. The zero-order valence-electron chi connectivity index (χ0n) is 14.1. The second-order valence-corrected chi connectivity index (χ2v) is 6.98. The van der Waals surface area contributed by atoms with E-state index in [1.165, 1.54) is 64.6 Å². The number of hydrogen-bond donors (Lipinski definition) is 2. The van der Waals surface area contributed by atoms with E-state index < -0.39 is 0 Å². The van der Waals surface area contributed by atoms with Crippen molar-refractivity contribution in [2.45, 2.75) is 0 Å². The van der Waals surface area contributed by atoms with Crippen molar-refractivity contribution in [1.29, 1.82) is 0 Å². The van der Waals surface area contributed by atoms with Gasteiger partial charge in [0.1, 0.15) is 0 Å². The molecule has 7 rings (SSSR count). The van der Waals surface area contributed by atoms with Crippen LogP contribution in [0.3, 0.4) is 0 Å². The van der Waals surface area contributed by atoms with E-state index in [2.05, 4.69) is 84.5 Å². The maximum Gasteiger partial charge on any atom is -0.00139 e. The summed E-state index contributed by atoms with van der Waals surface area (Å²) in [7, 11) is 0. The highest BCUT2D eigenvalue weighted by Gasteiger charge is 2.19. The first-order valence-corrected chi connectivity index (χ1v) is 8.80. The number of benzene rings is 7. The quantitative estimate of drug-likeness (QED) is 0.161. The molecular formula is C24H16N2. The fourth-order valence-corrected chi connectivity index (χ4v) is 4.89. The Balaban J connectivity index is 0.000000666. The summed E-state index contributed by atoms with van der Waals surface area (Å²) in [6, 6.07) is 27.3. The van der Waals surface area contributed by atoms with Crippen molar-refractivity contribution in [3.05, 3.63) is 72.8 Å². The van der Waals surface area contributed by atoms with Gasteiger partial charge in [0.15, 0.2) is 0 Å². The molecule has 0 unspecified atom stereocenters. The van der Waals surface area contributed by atoms with Crippen LogP contribution in [0.1, 0.15) is 0 Å². The van der Waals surface area contributed by atoms with E-state index in [0.717, 1.165) is 0 Å². The molecule has 0 radical (unpaired) electrons. The first kappa shape index (κ1) is 14.0. The highest BCUT2D eigenvalue weighted by atomic mass is 15.0. The number of rotatable bonds is 0. The molecule has 2 nitrogen and oxygen atoms in total. The summed E-state index contributed by atoms with van der Waals surface area (Å²) in [4.78, 5) is 0. The van der Waals surface area contributed by atoms with E-state index in [1.807, 2.05) is 0 Å². The molecule has 0 bridgehead atoms. The van der Waals surface area contributed by atoms with Crippen molar-refractivity contribution in [2.75, 3.05) is 0 Å². The number of nitrogens with two attached hydrogens (primary N) is 2. The minimum absolute atomic E-state index is 1.35. The fraction of sp³-hybridized carbons (Fsp3) is 0. The Bertz CT molecular complexity index is 1150. The van der Waals surface area contributed by atoms with Crippen LogP contribution < -0.4 is 11.7 Å². The molecule has 122 valence electrons. The van der Waals surface area contributed by atoms with Crippen molar-refractivity contribution in [3.8, 4) is 0 Å². The highest BCUT2D eigenvalue weighted by Crippen LogP contribution is 2.47. The predicted octanol–water partition coefficient (Wildman–Crippen LogP) is 5.74. The van der Waals surface area contributed by atoms with Gasteiger partial charge in [-0.25, -0.2) is 0 Å². The summed E-state index contributed by atoms with van der Waals surface area (Å²) < 4.78 is 0. The van der Waals surface area contributed by atoms with Gasteiger partial charge in [-0.05, 0) is 64.6 Å². The van der Waals surface area contributed by atoms with Gasteiger partial charge in [0.2, 0.25) is 0 Å². The third kappa shape index (κ3) is 1.46. The molecule has 4 N–H and O–H groups in total. The molecule has 7 aromatic rings. The largest absolute Gasteiger partial charge is 0.274 e. The Morgan fingerprint density at radius 3 is 0.500 bits per heavy atom. The molecule has 0 aromatic heterocycles. The lowest BCUT2D eigenvalue weighted by Gasteiger charge is -2.20. The van der Waals surface area contributed by atoms with Crippen molar-refractivity contribution in [1.82, 2.24) is 0 Å². The van der Waals surface area contributed by atoms with E-state index in [9.17, 15) is 0 Å². The average molecular weight is 332 g/mol. The van der Waals surface area contributed by atoms with Gasteiger partial charge >= 0.3 is 0 Å². The van der Waals surface area contributed by atoms with Crippen LogP contribution in [0.5, 0.6) is 0 Å². The van der Waals surface area contributed by atoms with Crippen LogP contribution in [0.4, 0.5) is 0 Å². The van der Waals surface area contributed by atoms with Crippen molar-refractivity contribution in [3.63, 3.8) is 0 Å². The summed E-state index contributed by atoms with van der Waals surface area (Å²) in [5.74, 6) is 8.00. The molecule has 7 aromatic carbocycles. The molecule has 0 saturated carbocycles. The Morgan fingerprint density at radius 2 is 0.385 bits per heavy atom. The highest BCUT2D eigenvalue weighted by molar-refractivity contribution is 6.44. The van der Waals surface area contributed by atoms with E-state index in [1.54, 1.807) is 0 Å². The lowest BCUT2D eigenvalue weighted by molar-refractivity contribution is 1.26. The zero-order valence-corrected chi connectivity index (χ0v) is 14.1. The van der Waals surface area contributed by atoms with E-state index in [-0.39, 0.29) is 0 Å². The predicted molar refractivity (Wildman–Crippen MR) is 113 cm³/mol. The molecule has 0 heterocycles. The molecule has 0 amide bonds. The smallest absolute Gasteiger partial charge is 0.00139 e. The van der Waals surface area contributed by atoms with E-state index in [0.29, 0.717) is 0 Å². The van der Waals surface area contributed by atoms with Gasteiger partial charge in [0.25, 0.3) is 0 Å². The molecule has 0 aliphatic heterocycles. The van der Waals surface area contributed by atoms with Crippen LogP contribution in [0.2, 0.25) is 0 Å². The fourth-order valence-electron chi connectivity index (χ4n) is 4.89. The lowest BCUT2D eigenvalue weighted by atomic mass is 9.83. The van der Waals surface area contributed by atoms with Crippen molar-refractivity contribution in [2.24, 2.45) is 11.7 Å². The zero-order chi connectivity index (χ0) is 17.4. The third-order valence-electron chi connectivity index (χ3n) is 5.89. The summed E-state index contributed by atoms with van der Waals surface area (Å²) in [6.45, 7) is 0.